The molecule has 0 aliphatic heterocycles. The number of aryl methyl sites for hydroxylation is 4. The third-order valence-electron chi connectivity index (χ3n) is 10.4. The molecule has 4 rings (SSSR count). The first kappa shape index (κ1) is 40.5. The summed E-state index contributed by atoms with van der Waals surface area (Å²) in [5.41, 5.74) is 6.43. The van der Waals surface area contributed by atoms with Gasteiger partial charge in [-0.25, -0.2) is 0 Å². The van der Waals surface area contributed by atoms with Gasteiger partial charge in [0.2, 0.25) is 0 Å². The van der Waals surface area contributed by atoms with E-state index in [1.165, 1.54) is 116 Å². The molecule has 0 atom stereocenters. The monoisotopic (exact) mass is 706 g/mol. The van der Waals surface area contributed by atoms with Crippen LogP contribution in [0.25, 0.3) is 0 Å². The maximum absolute atomic E-state index is 2.57. The Morgan fingerprint density at radius 3 is 0.920 bits per heavy atom. The molecule has 4 aromatic rings. The summed E-state index contributed by atoms with van der Waals surface area (Å²) in [6.45, 7) is 11.8. The molecule has 0 saturated carbocycles. The van der Waals surface area contributed by atoms with E-state index in [1.807, 2.05) is 0 Å². The van der Waals surface area contributed by atoms with E-state index in [2.05, 4.69) is 132 Å². The van der Waals surface area contributed by atoms with Crippen LogP contribution in [0.5, 0.6) is 0 Å². The number of hydrogen-bond donors (Lipinski definition) is 0. The second-order valence-corrected chi connectivity index (χ2v) is 19.4. The summed E-state index contributed by atoms with van der Waals surface area (Å²) in [6.07, 6.45) is 22.7. The maximum Gasteiger partial charge on any atom is 0.0155 e. The number of unbranched alkanes of at least 4 members (excludes halogenated alkanes) is 8. The van der Waals surface area contributed by atoms with Gasteiger partial charge in [0.15, 0.2) is 0 Å². The van der Waals surface area contributed by atoms with Crippen LogP contribution < -0.4 is 21.2 Å². The van der Waals surface area contributed by atoms with Gasteiger partial charge >= 0.3 is 0 Å². The van der Waals surface area contributed by atoms with Crippen molar-refractivity contribution in [3.05, 3.63) is 119 Å². The molecule has 0 aromatic heterocycles. The van der Waals surface area contributed by atoms with Gasteiger partial charge < -0.3 is 0 Å². The molecule has 0 nitrogen and oxygen atoms in total. The molecular weight excluding hydrogens is 638 g/mol. The van der Waals surface area contributed by atoms with Crippen molar-refractivity contribution in [2.24, 2.45) is 0 Å². The van der Waals surface area contributed by atoms with Crippen LogP contribution in [0.2, 0.25) is 0 Å². The van der Waals surface area contributed by atoms with Gasteiger partial charge in [0.05, 0.1) is 0 Å². The van der Waals surface area contributed by atoms with Gasteiger partial charge in [-0.3, -0.25) is 0 Å². The molecule has 0 radical (unpaired) electrons. The topological polar surface area (TPSA) is 0 Å². The average Bonchev–Trinajstić information content (AvgIpc) is 3.16. The normalized spacial score (nSPS) is 11.7. The van der Waals surface area contributed by atoms with Gasteiger partial charge in [0, 0.05) is 5.40 Å². The van der Waals surface area contributed by atoms with Crippen LogP contribution in [-0.4, -0.2) is 5.40 Å². The Kier molecular flexibility index (Phi) is 18.9. The minimum Gasteiger partial charge on any atom is -0.0654 e. The molecule has 0 N–H and O–H groups in total. The zero-order chi connectivity index (χ0) is 35.4. The Morgan fingerprint density at radius 2 is 0.620 bits per heavy atom. The van der Waals surface area contributed by atoms with Crippen LogP contribution in [0.1, 0.15) is 147 Å². The van der Waals surface area contributed by atoms with E-state index in [0.29, 0.717) is 5.40 Å². The van der Waals surface area contributed by atoms with Crippen molar-refractivity contribution in [1.82, 2.24) is 0 Å². The highest BCUT2D eigenvalue weighted by molar-refractivity contribution is 7.89. The minimum atomic E-state index is -0.622. The van der Waals surface area contributed by atoms with Crippen molar-refractivity contribution in [2.75, 3.05) is 0 Å². The summed E-state index contributed by atoms with van der Waals surface area (Å²) >= 11 is 0. The van der Waals surface area contributed by atoms with Crippen LogP contribution in [0, 0.1) is 0 Å². The predicted molar refractivity (Wildman–Crippen MR) is 230 cm³/mol. The molecule has 270 valence electrons. The highest BCUT2D eigenvalue weighted by atomic mass is 31.2. The number of rotatable bonds is 24. The third-order valence-corrected chi connectivity index (χ3v) is 17.3. The summed E-state index contributed by atoms with van der Waals surface area (Å²) < 4.78 is 0. The Hall–Kier alpha value is -2.26. The molecule has 0 amide bonds. The molecule has 50 heavy (non-hydrogen) atoms. The lowest BCUT2D eigenvalue weighted by molar-refractivity contribution is 0.621. The van der Waals surface area contributed by atoms with E-state index >= 15 is 0 Å². The summed E-state index contributed by atoms with van der Waals surface area (Å²) in [7, 11) is -1.24. The second kappa shape index (κ2) is 23.3. The SMILES string of the molecule is CCCCCCCC(P(c1ccccc1CCCC)c1ccccc1CCCC)P(c1ccccc1CCCC)c1ccccc1CCCC. The summed E-state index contributed by atoms with van der Waals surface area (Å²) in [4.78, 5) is 0. The first-order valence-corrected chi connectivity index (χ1v) is 23.4. The Morgan fingerprint density at radius 1 is 0.340 bits per heavy atom. The molecule has 2 heteroatoms. The van der Waals surface area contributed by atoms with Crippen LogP contribution in [0.15, 0.2) is 97.1 Å². The van der Waals surface area contributed by atoms with Gasteiger partial charge in [-0.05, 0) is 117 Å². The molecule has 0 fully saturated rings. The highest BCUT2D eigenvalue weighted by Crippen LogP contribution is 2.60. The quantitative estimate of drug-likeness (QED) is 0.0503. The van der Waals surface area contributed by atoms with Crippen molar-refractivity contribution in [3.8, 4) is 0 Å². The molecule has 0 aliphatic rings. The zero-order valence-electron chi connectivity index (χ0n) is 32.4. The van der Waals surface area contributed by atoms with E-state index in [-0.39, 0.29) is 0 Å². The highest BCUT2D eigenvalue weighted by Gasteiger charge is 2.37. The Balaban J connectivity index is 2.06. The smallest absolute Gasteiger partial charge is 0.0155 e. The van der Waals surface area contributed by atoms with Crippen LogP contribution >= 0.6 is 15.8 Å². The molecule has 0 heterocycles. The molecule has 0 bridgehead atoms. The first-order valence-electron chi connectivity index (χ1n) is 20.6. The summed E-state index contributed by atoms with van der Waals surface area (Å²) in [5.74, 6) is 0. The van der Waals surface area contributed by atoms with E-state index in [0.717, 1.165) is 0 Å². The number of benzene rings is 4. The van der Waals surface area contributed by atoms with Crippen LogP contribution in [0.3, 0.4) is 0 Å². The lowest BCUT2D eigenvalue weighted by Crippen LogP contribution is -2.32. The minimum absolute atomic E-state index is 0.581. The average molecular weight is 707 g/mol. The second-order valence-electron chi connectivity index (χ2n) is 14.4. The fourth-order valence-electron chi connectivity index (χ4n) is 7.50. The van der Waals surface area contributed by atoms with Gasteiger partial charge in [0.1, 0.15) is 0 Å². The fraction of sp³-hybridized carbons (Fsp3) is 0.500. The molecule has 0 aliphatic carbocycles. The Bertz CT molecular complexity index is 1300. The van der Waals surface area contributed by atoms with E-state index in [9.17, 15) is 0 Å². The maximum atomic E-state index is 2.57. The van der Waals surface area contributed by atoms with E-state index in [1.54, 1.807) is 43.5 Å². The van der Waals surface area contributed by atoms with Gasteiger partial charge in [0.25, 0.3) is 0 Å². The molecule has 0 unspecified atom stereocenters. The largest absolute Gasteiger partial charge is 0.0654 e. The summed E-state index contributed by atoms with van der Waals surface area (Å²) in [6, 6.07) is 38.9. The molecular formula is C48H68P2. The van der Waals surface area contributed by atoms with Crippen molar-refractivity contribution in [1.29, 1.82) is 0 Å². The predicted octanol–water partition coefficient (Wildman–Crippen LogP) is 13.3. The summed E-state index contributed by atoms with van der Waals surface area (Å²) in [5, 5.41) is 7.26. The first-order chi connectivity index (χ1) is 24.7. The van der Waals surface area contributed by atoms with Crippen molar-refractivity contribution < 1.29 is 0 Å². The van der Waals surface area contributed by atoms with Crippen molar-refractivity contribution in [2.45, 2.75) is 156 Å². The molecule has 0 saturated heterocycles. The lowest BCUT2D eigenvalue weighted by atomic mass is 10.1. The van der Waals surface area contributed by atoms with Crippen molar-refractivity contribution >= 4 is 37.1 Å². The Labute approximate surface area is 310 Å². The number of hydrogen-bond acceptors (Lipinski definition) is 0. The van der Waals surface area contributed by atoms with Crippen molar-refractivity contribution in [3.63, 3.8) is 0 Å². The van der Waals surface area contributed by atoms with Crippen LogP contribution in [-0.2, 0) is 25.7 Å². The molecule has 4 aromatic carbocycles. The third kappa shape index (κ3) is 11.6. The van der Waals surface area contributed by atoms with E-state index in [4.69, 9.17) is 0 Å². The van der Waals surface area contributed by atoms with E-state index < -0.39 is 15.8 Å². The zero-order valence-corrected chi connectivity index (χ0v) is 34.2. The van der Waals surface area contributed by atoms with Gasteiger partial charge in [-0.2, -0.15) is 0 Å². The standard InChI is InChI=1S/C48H68P2/c1-6-11-16-17-18-39-48(49(44-35-23-19-31-40(44)27-12-7-2)45-36-24-20-32-41(45)28-13-8-3)50(46-37-25-21-33-42(46)29-14-9-4)47-38-26-22-34-43(47)30-15-10-5/h19-26,31-38,48H,6-18,27-30,39H2,1-5H3. The molecule has 0 spiro atoms. The van der Waals surface area contributed by atoms with Gasteiger partial charge in [-0.1, -0.05) is 189 Å². The lowest BCUT2D eigenvalue weighted by Gasteiger charge is -2.39. The van der Waals surface area contributed by atoms with Crippen LogP contribution in [0.4, 0.5) is 0 Å². The fourth-order valence-corrected chi connectivity index (χ4v) is 15.6. The van der Waals surface area contributed by atoms with Gasteiger partial charge in [-0.15, -0.1) is 0 Å².